The van der Waals surface area contributed by atoms with E-state index in [-0.39, 0.29) is 11.6 Å². The van der Waals surface area contributed by atoms with Gasteiger partial charge in [0.1, 0.15) is 11.5 Å². The number of benzene rings is 1. The molecule has 0 unspecified atom stereocenters. The van der Waals surface area contributed by atoms with Gasteiger partial charge in [-0.2, -0.15) is 4.98 Å². The topological polar surface area (TPSA) is 81.3 Å². The van der Waals surface area contributed by atoms with E-state index in [9.17, 15) is 5.11 Å². The Kier molecular flexibility index (Phi) is 2.88. The second kappa shape index (κ2) is 4.69. The second-order valence-corrected chi connectivity index (χ2v) is 4.56. The molecule has 2 heterocycles. The summed E-state index contributed by atoms with van der Waals surface area (Å²) < 4.78 is 10.3. The molecule has 1 aromatic carbocycles. The fourth-order valence-corrected chi connectivity index (χ4v) is 2.12. The number of phenols is 1. The lowest BCUT2D eigenvalue weighted by Gasteiger charge is -2.02. The lowest BCUT2D eigenvalue weighted by Crippen LogP contribution is -1.85. The highest BCUT2D eigenvalue weighted by Crippen LogP contribution is 2.32. The lowest BCUT2D eigenvalue weighted by molar-refractivity contribution is 0.408. The summed E-state index contributed by atoms with van der Waals surface area (Å²) in [4.78, 5) is 8.99. The molecule has 3 aromatic rings. The average Bonchev–Trinajstić information content (AvgIpc) is 3.10. The van der Waals surface area contributed by atoms with Crippen molar-refractivity contribution in [2.75, 3.05) is 7.11 Å². The summed E-state index contributed by atoms with van der Waals surface area (Å²) in [5.74, 6) is 1.34. The molecule has 19 heavy (non-hydrogen) atoms. The van der Waals surface area contributed by atoms with Gasteiger partial charge < -0.3 is 14.4 Å². The molecular formula is C12H9N3O3S. The number of phenolic OH excluding ortho intramolecular Hbond substituents is 1. The summed E-state index contributed by atoms with van der Waals surface area (Å²) in [5.41, 5.74) is 2.12. The van der Waals surface area contributed by atoms with Crippen LogP contribution in [0, 0.1) is 0 Å². The third kappa shape index (κ3) is 2.15. The van der Waals surface area contributed by atoms with E-state index < -0.39 is 0 Å². The van der Waals surface area contributed by atoms with Gasteiger partial charge in [-0.05, 0) is 18.2 Å². The zero-order valence-electron chi connectivity index (χ0n) is 9.90. The van der Waals surface area contributed by atoms with E-state index >= 15 is 0 Å². The maximum absolute atomic E-state index is 9.83. The minimum Gasteiger partial charge on any atom is -0.507 e. The number of methoxy groups -OCH3 is 1. The van der Waals surface area contributed by atoms with Gasteiger partial charge in [-0.25, -0.2) is 0 Å². The van der Waals surface area contributed by atoms with E-state index in [2.05, 4.69) is 15.1 Å². The fraction of sp³-hybridized carbons (Fsp3) is 0.0833. The highest BCUT2D eigenvalue weighted by molar-refractivity contribution is 7.13. The minimum atomic E-state index is 0.0558. The van der Waals surface area contributed by atoms with Crippen molar-refractivity contribution in [3.05, 3.63) is 29.9 Å². The first-order valence-electron chi connectivity index (χ1n) is 5.38. The summed E-state index contributed by atoms with van der Waals surface area (Å²) >= 11 is 1.41. The van der Waals surface area contributed by atoms with Gasteiger partial charge in [-0.1, -0.05) is 5.16 Å². The summed E-state index contributed by atoms with van der Waals surface area (Å²) in [7, 11) is 1.55. The van der Waals surface area contributed by atoms with Crippen molar-refractivity contribution in [1.82, 2.24) is 15.1 Å². The van der Waals surface area contributed by atoms with Gasteiger partial charge in [-0.15, -0.1) is 11.3 Å². The molecule has 0 bridgehead atoms. The van der Waals surface area contributed by atoms with Crippen molar-refractivity contribution >= 4 is 11.3 Å². The Bertz CT molecular complexity index is 694. The molecule has 0 amide bonds. The van der Waals surface area contributed by atoms with Crippen molar-refractivity contribution in [2.24, 2.45) is 0 Å². The number of hydrogen-bond donors (Lipinski definition) is 1. The Morgan fingerprint density at radius 3 is 3.00 bits per heavy atom. The number of thiazole rings is 1. The van der Waals surface area contributed by atoms with E-state index in [0.717, 1.165) is 4.88 Å². The standard InChI is InChI=1S/C12H9N3O3S/c1-17-7-2-3-9(16)8(4-7)12-14-11(15-18-12)10-5-13-6-19-10/h2-6,16H,1H3. The van der Waals surface area contributed by atoms with Crippen LogP contribution in [0.25, 0.3) is 22.2 Å². The highest BCUT2D eigenvalue weighted by Gasteiger charge is 2.15. The number of hydrogen-bond acceptors (Lipinski definition) is 7. The van der Waals surface area contributed by atoms with E-state index in [0.29, 0.717) is 17.1 Å². The molecule has 1 N–H and O–H groups in total. The van der Waals surface area contributed by atoms with Crippen LogP contribution in [0.15, 0.2) is 34.4 Å². The zero-order valence-corrected chi connectivity index (χ0v) is 10.7. The third-order valence-corrected chi connectivity index (χ3v) is 3.28. The number of nitrogens with zero attached hydrogens (tertiary/aromatic N) is 3. The SMILES string of the molecule is COc1ccc(O)c(-c2nc(-c3cncs3)no2)c1. The van der Waals surface area contributed by atoms with Crippen molar-refractivity contribution in [2.45, 2.75) is 0 Å². The highest BCUT2D eigenvalue weighted by atomic mass is 32.1. The van der Waals surface area contributed by atoms with Gasteiger partial charge in [-0.3, -0.25) is 4.98 Å². The van der Waals surface area contributed by atoms with E-state index in [4.69, 9.17) is 9.26 Å². The van der Waals surface area contributed by atoms with E-state index in [1.165, 1.54) is 17.4 Å². The van der Waals surface area contributed by atoms with Crippen molar-refractivity contribution < 1.29 is 14.4 Å². The van der Waals surface area contributed by atoms with Crippen LogP contribution in [-0.2, 0) is 0 Å². The van der Waals surface area contributed by atoms with E-state index in [1.807, 2.05) is 0 Å². The molecule has 0 aliphatic carbocycles. The molecule has 0 saturated heterocycles. The Hall–Kier alpha value is -2.41. The molecule has 0 saturated carbocycles. The maximum atomic E-state index is 9.83. The molecule has 0 aliphatic rings. The average molecular weight is 275 g/mol. The molecule has 0 aliphatic heterocycles. The van der Waals surface area contributed by atoms with Crippen LogP contribution in [0.1, 0.15) is 0 Å². The van der Waals surface area contributed by atoms with Gasteiger partial charge in [0, 0.05) is 6.20 Å². The number of ether oxygens (including phenoxy) is 1. The first kappa shape index (κ1) is 11.7. The predicted molar refractivity (Wildman–Crippen MR) is 69.1 cm³/mol. The monoisotopic (exact) mass is 275 g/mol. The van der Waals surface area contributed by atoms with Gasteiger partial charge in [0.15, 0.2) is 0 Å². The largest absolute Gasteiger partial charge is 0.507 e. The Labute approximate surface area is 112 Å². The quantitative estimate of drug-likeness (QED) is 0.791. The fourth-order valence-electron chi connectivity index (χ4n) is 1.57. The Morgan fingerprint density at radius 1 is 1.37 bits per heavy atom. The molecule has 3 rings (SSSR count). The van der Waals surface area contributed by atoms with Gasteiger partial charge in [0.25, 0.3) is 5.89 Å². The molecule has 0 fully saturated rings. The molecule has 0 spiro atoms. The summed E-state index contributed by atoms with van der Waals surface area (Å²) in [6.45, 7) is 0. The third-order valence-electron chi connectivity index (χ3n) is 2.51. The van der Waals surface area contributed by atoms with Crippen molar-refractivity contribution in [3.8, 4) is 33.7 Å². The first-order chi connectivity index (χ1) is 9.28. The van der Waals surface area contributed by atoms with Crippen molar-refractivity contribution in [3.63, 3.8) is 0 Å². The van der Waals surface area contributed by atoms with Crippen molar-refractivity contribution in [1.29, 1.82) is 0 Å². The number of aromatic hydroxyl groups is 1. The van der Waals surface area contributed by atoms with Crippen LogP contribution in [0.5, 0.6) is 11.5 Å². The molecule has 7 heteroatoms. The predicted octanol–water partition coefficient (Wildman–Crippen LogP) is 2.57. The minimum absolute atomic E-state index is 0.0558. The van der Waals surface area contributed by atoms with Crippen LogP contribution < -0.4 is 4.74 Å². The summed E-state index contributed by atoms with van der Waals surface area (Å²) in [5, 5.41) is 13.7. The molecule has 6 nitrogen and oxygen atoms in total. The smallest absolute Gasteiger partial charge is 0.262 e. The van der Waals surface area contributed by atoms with Gasteiger partial charge in [0.05, 0.1) is 23.1 Å². The molecular weight excluding hydrogens is 266 g/mol. The van der Waals surface area contributed by atoms with Crippen LogP contribution in [-0.4, -0.2) is 27.3 Å². The Morgan fingerprint density at radius 2 is 2.26 bits per heavy atom. The van der Waals surface area contributed by atoms with Crippen LogP contribution >= 0.6 is 11.3 Å². The molecule has 0 radical (unpaired) electrons. The normalized spacial score (nSPS) is 10.6. The second-order valence-electron chi connectivity index (χ2n) is 3.67. The lowest BCUT2D eigenvalue weighted by atomic mass is 10.2. The number of aromatic nitrogens is 3. The number of rotatable bonds is 3. The van der Waals surface area contributed by atoms with E-state index in [1.54, 1.807) is 30.9 Å². The molecule has 0 atom stereocenters. The maximum Gasteiger partial charge on any atom is 0.262 e. The zero-order chi connectivity index (χ0) is 13.2. The molecule has 96 valence electrons. The van der Waals surface area contributed by atoms with Crippen LogP contribution in [0.4, 0.5) is 0 Å². The van der Waals surface area contributed by atoms with Crippen LogP contribution in [0.3, 0.4) is 0 Å². The first-order valence-corrected chi connectivity index (χ1v) is 6.26. The van der Waals surface area contributed by atoms with Gasteiger partial charge >= 0.3 is 0 Å². The summed E-state index contributed by atoms with van der Waals surface area (Å²) in [6.07, 6.45) is 1.66. The van der Waals surface area contributed by atoms with Gasteiger partial charge in [0.2, 0.25) is 5.82 Å². The van der Waals surface area contributed by atoms with Crippen LogP contribution in [0.2, 0.25) is 0 Å². The Balaban J connectivity index is 2.03. The molecule has 2 aromatic heterocycles. The summed E-state index contributed by atoms with van der Waals surface area (Å²) in [6, 6.07) is 4.81.